The number of ketones is 1. The third-order valence-corrected chi connectivity index (χ3v) is 2.85. The fraction of sp³-hybridized carbons (Fsp3) is 0.0714. The van der Waals surface area contributed by atoms with Crippen molar-refractivity contribution in [2.45, 2.75) is 6.92 Å². The molecule has 0 aliphatic rings. The van der Waals surface area contributed by atoms with Crippen molar-refractivity contribution >= 4 is 27.7 Å². The van der Waals surface area contributed by atoms with E-state index in [0.717, 1.165) is 0 Å². The van der Waals surface area contributed by atoms with Gasteiger partial charge in [-0.25, -0.2) is 4.79 Å². The molecule has 0 atom stereocenters. The van der Waals surface area contributed by atoms with Gasteiger partial charge in [0.05, 0.1) is 5.56 Å². The van der Waals surface area contributed by atoms with Gasteiger partial charge in [0.25, 0.3) is 0 Å². The second kappa shape index (κ2) is 5.75. The van der Waals surface area contributed by atoms with Crippen molar-refractivity contribution in [1.29, 1.82) is 0 Å². The van der Waals surface area contributed by atoms with E-state index in [2.05, 4.69) is 20.9 Å². The van der Waals surface area contributed by atoms with E-state index in [1.54, 1.807) is 36.5 Å². The Balaban J connectivity index is 2.13. The van der Waals surface area contributed by atoms with E-state index in [9.17, 15) is 9.59 Å². The summed E-state index contributed by atoms with van der Waals surface area (Å²) in [5.74, 6) is -0.145. The molecule has 0 aliphatic heterocycles. The lowest BCUT2D eigenvalue weighted by molar-refractivity contribution is 0.0734. The molecule has 5 heteroatoms. The summed E-state index contributed by atoms with van der Waals surface area (Å²) in [5, 5.41) is 0. The van der Waals surface area contributed by atoms with Gasteiger partial charge in [0.1, 0.15) is 5.75 Å². The van der Waals surface area contributed by atoms with Crippen molar-refractivity contribution in [2.24, 2.45) is 0 Å². The van der Waals surface area contributed by atoms with Gasteiger partial charge in [-0.05, 0) is 53.2 Å². The van der Waals surface area contributed by atoms with Crippen LogP contribution in [0.5, 0.6) is 5.75 Å². The van der Waals surface area contributed by atoms with Crippen LogP contribution in [-0.4, -0.2) is 16.7 Å². The lowest BCUT2D eigenvalue weighted by Crippen LogP contribution is -2.09. The molecule has 2 rings (SSSR count). The lowest BCUT2D eigenvalue weighted by atomic mass is 10.1. The number of hydrogen-bond donors (Lipinski definition) is 0. The smallest absolute Gasteiger partial charge is 0.345 e. The molecular formula is C14H10BrNO3. The van der Waals surface area contributed by atoms with Gasteiger partial charge >= 0.3 is 5.97 Å². The van der Waals surface area contributed by atoms with E-state index < -0.39 is 5.97 Å². The maximum atomic E-state index is 11.8. The number of hydrogen-bond acceptors (Lipinski definition) is 4. The monoisotopic (exact) mass is 319 g/mol. The van der Waals surface area contributed by atoms with Crippen LogP contribution in [0.3, 0.4) is 0 Å². The molecule has 96 valence electrons. The van der Waals surface area contributed by atoms with Crippen LogP contribution in [0.1, 0.15) is 27.6 Å². The molecule has 0 bridgehead atoms. The normalized spacial score (nSPS) is 10.0. The number of carbonyl (C=O) groups excluding carboxylic acids is 2. The first kappa shape index (κ1) is 13.4. The fourth-order valence-electron chi connectivity index (χ4n) is 1.45. The molecule has 1 aromatic carbocycles. The molecule has 0 spiro atoms. The molecule has 19 heavy (non-hydrogen) atoms. The summed E-state index contributed by atoms with van der Waals surface area (Å²) >= 11 is 3.23. The van der Waals surface area contributed by atoms with E-state index in [1.807, 2.05) is 0 Å². The minimum Gasteiger partial charge on any atom is -0.423 e. The summed E-state index contributed by atoms with van der Waals surface area (Å²) in [6.07, 6.45) is 3.01. The zero-order valence-corrected chi connectivity index (χ0v) is 11.7. The molecule has 0 fully saturated rings. The first-order valence-electron chi connectivity index (χ1n) is 5.50. The van der Waals surface area contributed by atoms with E-state index in [-0.39, 0.29) is 5.78 Å². The SMILES string of the molecule is CC(=O)c1ccc(OC(=O)c2cncc(Br)c2)cc1. The van der Waals surface area contributed by atoms with Gasteiger partial charge in [-0.15, -0.1) is 0 Å². The Morgan fingerprint density at radius 3 is 2.37 bits per heavy atom. The molecular weight excluding hydrogens is 310 g/mol. The van der Waals surface area contributed by atoms with Crippen LogP contribution in [0.4, 0.5) is 0 Å². The Bertz CT molecular complexity index is 623. The number of ether oxygens (including phenoxy) is 1. The molecule has 1 aromatic heterocycles. The van der Waals surface area contributed by atoms with Crippen LogP contribution in [-0.2, 0) is 0 Å². The van der Waals surface area contributed by atoms with Crippen LogP contribution in [0.25, 0.3) is 0 Å². The van der Waals surface area contributed by atoms with Crippen molar-refractivity contribution in [1.82, 2.24) is 4.98 Å². The van der Waals surface area contributed by atoms with E-state index in [4.69, 9.17) is 4.74 Å². The maximum absolute atomic E-state index is 11.8. The number of benzene rings is 1. The Morgan fingerprint density at radius 1 is 1.11 bits per heavy atom. The number of halogens is 1. The average molecular weight is 320 g/mol. The molecule has 2 aromatic rings. The summed E-state index contributed by atoms with van der Waals surface area (Å²) < 4.78 is 5.88. The largest absolute Gasteiger partial charge is 0.423 e. The second-order valence-electron chi connectivity index (χ2n) is 3.86. The Labute approximate surface area is 118 Å². The first-order valence-corrected chi connectivity index (χ1v) is 6.29. The summed E-state index contributed by atoms with van der Waals surface area (Å²) in [4.78, 5) is 26.8. The molecule has 0 N–H and O–H groups in total. The highest BCUT2D eigenvalue weighted by Crippen LogP contribution is 2.16. The summed E-state index contributed by atoms with van der Waals surface area (Å²) in [7, 11) is 0. The highest BCUT2D eigenvalue weighted by atomic mass is 79.9. The number of Topliss-reactive ketones (excluding diaryl/α,β-unsaturated/α-hetero) is 1. The first-order chi connectivity index (χ1) is 9.06. The number of rotatable bonds is 3. The van der Waals surface area contributed by atoms with Crippen LogP contribution >= 0.6 is 15.9 Å². The molecule has 0 radical (unpaired) electrons. The fourth-order valence-corrected chi connectivity index (χ4v) is 1.81. The second-order valence-corrected chi connectivity index (χ2v) is 4.78. The lowest BCUT2D eigenvalue weighted by Gasteiger charge is -2.04. The molecule has 1 heterocycles. The standard InChI is InChI=1S/C14H10BrNO3/c1-9(17)10-2-4-13(5-3-10)19-14(18)11-6-12(15)8-16-7-11/h2-8H,1H3. The Morgan fingerprint density at radius 2 is 1.79 bits per heavy atom. The third kappa shape index (κ3) is 3.48. The molecule has 0 unspecified atom stereocenters. The third-order valence-electron chi connectivity index (χ3n) is 2.41. The van der Waals surface area contributed by atoms with Gasteiger partial charge in [-0.3, -0.25) is 9.78 Å². The van der Waals surface area contributed by atoms with E-state index >= 15 is 0 Å². The van der Waals surface area contributed by atoms with Crippen LogP contribution in [0, 0.1) is 0 Å². The van der Waals surface area contributed by atoms with Gasteiger partial charge in [-0.1, -0.05) is 0 Å². The van der Waals surface area contributed by atoms with Gasteiger partial charge in [-0.2, -0.15) is 0 Å². The van der Waals surface area contributed by atoms with Crippen molar-refractivity contribution in [3.05, 3.63) is 58.3 Å². The van der Waals surface area contributed by atoms with Gasteiger partial charge in [0.2, 0.25) is 0 Å². The predicted molar refractivity (Wildman–Crippen MR) is 73.3 cm³/mol. The van der Waals surface area contributed by atoms with Crippen molar-refractivity contribution in [2.75, 3.05) is 0 Å². The average Bonchev–Trinajstić information content (AvgIpc) is 2.39. The number of pyridine rings is 1. The zero-order valence-electron chi connectivity index (χ0n) is 10.1. The van der Waals surface area contributed by atoms with Crippen LogP contribution in [0.2, 0.25) is 0 Å². The van der Waals surface area contributed by atoms with Crippen LogP contribution in [0.15, 0.2) is 47.2 Å². The Hall–Kier alpha value is -2.01. The molecule has 0 saturated heterocycles. The van der Waals surface area contributed by atoms with Crippen molar-refractivity contribution < 1.29 is 14.3 Å². The number of aromatic nitrogens is 1. The quantitative estimate of drug-likeness (QED) is 0.495. The number of carbonyl (C=O) groups is 2. The van der Waals surface area contributed by atoms with Gasteiger partial charge in [0, 0.05) is 22.4 Å². The summed E-state index contributed by atoms with van der Waals surface area (Å²) in [6.45, 7) is 1.48. The minimum atomic E-state index is -0.496. The van der Waals surface area contributed by atoms with E-state index in [0.29, 0.717) is 21.3 Å². The molecule has 0 aliphatic carbocycles. The Kier molecular flexibility index (Phi) is 4.06. The highest BCUT2D eigenvalue weighted by molar-refractivity contribution is 9.10. The minimum absolute atomic E-state index is 0.0333. The summed E-state index contributed by atoms with van der Waals surface area (Å²) in [5.41, 5.74) is 0.925. The van der Waals surface area contributed by atoms with Crippen molar-refractivity contribution in [3.8, 4) is 5.75 Å². The van der Waals surface area contributed by atoms with Gasteiger partial charge in [0.15, 0.2) is 5.78 Å². The highest BCUT2D eigenvalue weighted by Gasteiger charge is 2.09. The zero-order chi connectivity index (χ0) is 13.8. The van der Waals surface area contributed by atoms with Gasteiger partial charge < -0.3 is 4.74 Å². The van der Waals surface area contributed by atoms with E-state index in [1.165, 1.54) is 13.1 Å². The molecule has 4 nitrogen and oxygen atoms in total. The van der Waals surface area contributed by atoms with Crippen molar-refractivity contribution in [3.63, 3.8) is 0 Å². The predicted octanol–water partition coefficient (Wildman–Crippen LogP) is 3.27. The number of nitrogens with zero attached hydrogens (tertiary/aromatic N) is 1. The van der Waals surface area contributed by atoms with Crippen LogP contribution < -0.4 is 4.74 Å². The maximum Gasteiger partial charge on any atom is 0.345 e. The number of esters is 1. The topological polar surface area (TPSA) is 56.3 Å². The molecule has 0 amide bonds. The molecule has 0 saturated carbocycles. The summed E-state index contributed by atoms with van der Waals surface area (Å²) in [6, 6.07) is 8.02.